The minimum Gasteiger partial charge on any atom is -0.497 e. The highest BCUT2D eigenvalue weighted by Gasteiger charge is 2.23. The highest BCUT2D eigenvalue weighted by molar-refractivity contribution is 7.71. The van der Waals surface area contributed by atoms with Crippen LogP contribution in [0.15, 0.2) is 24.3 Å². The fraction of sp³-hybridized carbons (Fsp3) is 0.500. The first-order chi connectivity index (χ1) is 12.6. The summed E-state index contributed by atoms with van der Waals surface area (Å²) in [5, 5.41) is 10.1. The predicted octanol–water partition coefficient (Wildman–Crippen LogP) is 2.22. The third kappa shape index (κ3) is 4.13. The van der Waals surface area contributed by atoms with Gasteiger partial charge in [-0.05, 0) is 62.4 Å². The van der Waals surface area contributed by atoms with E-state index in [-0.39, 0.29) is 12.5 Å². The lowest BCUT2D eigenvalue weighted by atomic mass is 10.2. The van der Waals surface area contributed by atoms with Crippen molar-refractivity contribution in [2.75, 3.05) is 26.7 Å². The third-order valence-electron chi connectivity index (χ3n) is 4.85. The first kappa shape index (κ1) is 18.6. The number of carbonyl (C=O) groups excluding carboxylic acids is 1. The molecule has 1 unspecified atom stereocenters. The topological polar surface area (TPSA) is 75.2 Å². The Bertz CT molecular complexity index is 799. The summed E-state index contributed by atoms with van der Waals surface area (Å²) in [6.45, 7) is 5.12. The zero-order valence-electron chi connectivity index (χ0n) is 15.2. The van der Waals surface area contributed by atoms with Gasteiger partial charge in [0.05, 0.1) is 7.11 Å². The number of H-pyrrole nitrogens is 1. The van der Waals surface area contributed by atoms with Crippen LogP contribution in [0, 0.1) is 4.77 Å². The van der Waals surface area contributed by atoms with E-state index >= 15 is 0 Å². The van der Waals surface area contributed by atoms with Gasteiger partial charge in [-0.25, -0.2) is 0 Å². The average molecular weight is 375 g/mol. The van der Waals surface area contributed by atoms with Crippen LogP contribution in [-0.4, -0.2) is 58.4 Å². The lowest BCUT2D eigenvalue weighted by Crippen LogP contribution is -2.41. The van der Waals surface area contributed by atoms with Crippen LogP contribution in [-0.2, 0) is 11.3 Å². The maximum absolute atomic E-state index is 12.4. The highest BCUT2D eigenvalue weighted by Crippen LogP contribution is 2.21. The molecule has 1 amide bonds. The summed E-state index contributed by atoms with van der Waals surface area (Å²) in [5.41, 5.74) is 0.874. The van der Waals surface area contributed by atoms with Crippen molar-refractivity contribution in [1.29, 1.82) is 0 Å². The molecule has 0 bridgehead atoms. The summed E-state index contributed by atoms with van der Waals surface area (Å²) < 4.78 is 7.33. The normalized spacial score (nSPS) is 17.4. The number of aromatic nitrogens is 3. The molecule has 1 aromatic carbocycles. The summed E-state index contributed by atoms with van der Waals surface area (Å²) in [7, 11) is 1.62. The van der Waals surface area contributed by atoms with Crippen molar-refractivity contribution >= 4 is 18.1 Å². The summed E-state index contributed by atoms with van der Waals surface area (Å²) >= 11 is 5.30. The van der Waals surface area contributed by atoms with Crippen LogP contribution in [0.5, 0.6) is 5.75 Å². The van der Waals surface area contributed by atoms with Gasteiger partial charge in [-0.2, -0.15) is 5.10 Å². The van der Waals surface area contributed by atoms with Gasteiger partial charge in [0.25, 0.3) is 0 Å². The van der Waals surface area contributed by atoms with Crippen LogP contribution < -0.4 is 10.1 Å². The molecule has 1 saturated heterocycles. The molecule has 3 rings (SSSR count). The Morgan fingerprint density at radius 2 is 2.19 bits per heavy atom. The number of hydrogen-bond acceptors (Lipinski definition) is 5. The largest absolute Gasteiger partial charge is 0.497 e. The minimum atomic E-state index is -0.0554. The maximum atomic E-state index is 12.4. The molecule has 140 valence electrons. The summed E-state index contributed by atoms with van der Waals surface area (Å²) in [4.78, 5) is 14.8. The molecule has 1 atom stereocenters. The number of methoxy groups -OCH3 is 1. The first-order valence-electron chi connectivity index (χ1n) is 8.92. The molecule has 2 N–H and O–H groups in total. The van der Waals surface area contributed by atoms with Crippen molar-refractivity contribution in [2.24, 2.45) is 0 Å². The molecule has 2 aromatic rings. The van der Waals surface area contributed by atoms with E-state index in [2.05, 4.69) is 27.3 Å². The Labute approximate surface area is 158 Å². The summed E-state index contributed by atoms with van der Waals surface area (Å²) in [5.74, 6) is 1.35. The van der Waals surface area contributed by atoms with Crippen LogP contribution >= 0.6 is 12.2 Å². The van der Waals surface area contributed by atoms with Gasteiger partial charge < -0.3 is 10.1 Å². The number of ether oxygens (including phenoxy) is 1. The molecule has 0 aliphatic carbocycles. The maximum Gasteiger partial charge on any atom is 0.240 e. The van der Waals surface area contributed by atoms with Crippen molar-refractivity contribution in [2.45, 2.75) is 32.4 Å². The number of likely N-dealkylation sites (tertiary alicyclic amines) is 1. The third-order valence-corrected chi connectivity index (χ3v) is 5.16. The number of nitrogens with zero attached hydrogens (tertiary/aromatic N) is 3. The number of hydrogen-bond donors (Lipinski definition) is 2. The number of nitrogens with one attached hydrogen (secondary N) is 2. The Balaban J connectivity index is 1.66. The van der Waals surface area contributed by atoms with E-state index in [0.29, 0.717) is 23.2 Å². The Kier molecular flexibility index (Phi) is 6.05. The van der Waals surface area contributed by atoms with Crippen molar-refractivity contribution in [3.63, 3.8) is 0 Å². The average Bonchev–Trinajstić information content (AvgIpc) is 3.27. The van der Waals surface area contributed by atoms with Crippen molar-refractivity contribution in [1.82, 2.24) is 25.0 Å². The molecule has 0 saturated carbocycles. The second-order valence-electron chi connectivity index (χ2n) is 6.40. The van der Waals surface area contributed by atoms with Crippen LogP contribution in [0.2, 0.25) is 0 Å². The zero-order chi connectivity index (χ0) is 18.5. The van der Waals surface area contributed by atoms with E-state index < -0.39 is 0 Å². The molecule has 1 aliphatic rings. The molecule has 0 radical (unpaired) electrons. The van der Waals surface area contributed by atoms with Crippen LogP contribution in [0.1, 0.15) is 19.8 Å². The van der Waals surface area contributed by atoms with E-state index in [1.54, 1.807) is 11.7 Å². The van der Waals surface area contributed by atoms with E-state index in [0.717, 1.165) is 30.8 Å². The number of amides is 1. The van der Waals surface area contributed by atoms with Gasteiger partial charge in [0.15, 0.2) is 10.6 Å². The molecule has 1 aliphatic heterocycles. The highest BCUT2D eigenvalue weighted by atomic mass is 32.1. The van der Waals surface area contributed by atoms with E-state index in [1.165, 1.54) is 6.42 Å². The van der Waals surface area contributed by atoms with E-state index in [9.17, 15) is 4.79 Å². The van der Waals surface area contributed by atoms with E-state index in [4.69, 9.17) is 17.0 Å². The second-order valence-corrected chi connectivity index (χ2v) is 6.78. The lowest BCUT2D eigenvalue weighted by molar-refractivity contribution is -0.121. The quantitative estimate of drug-likeness (QED) is 0.726. The van der Waals surface area contributed by atoms with Gasteiger partial charge >= 0.3 is 0 Å². The van der Waals surface area contributed by atoms with Gasteiger partial charge in [-0.1, -0.05) is 6.92 Å². The van der Waals surface area contributed by atoms with Crippen molar-refractivity contribution in [3.05, 3.63) is 29.0 Å². The molecule has 26 heavy (non-hydrogen) atoms. The molecular weight excluding hydrogens is 350 g/mol. The molecule has 8 heteroatoms. The van der Waals surface area contributed by atoms with Gasteiger partial charge in [0.2, 0.25) is 5.91 Å². The molecule has 1 fully saturated rings. The van der Waals surface area contributed by atoms with Gasteiger partial charge in [-0.15, -0.1) is 0 Å². The van der Waals surface area contributed by atoms with E-state index in [1.807, 2.05) is 24.3 Å². The van der Waals surface area contributed by atoms with Crippen LogP contribution in [0.25, 0.3) is 11.4 Å². The van der Waals surface area contributed by atoms with Crippen molar-refractivity contribution < 1.29 is 9.53 Å². The molecule has 0 spiro atoms. The van der Waals surface area contributed by atoms with Crippen molar-refractivity contribution in [3.8, 4) is 17.1 Å². The van der Waals surface area contributed by atoms with Gasteiger partial charge in [0, 0.05) is 18.2 Å². The van der Waals surface area contributed by atoms with Crippen LogP contribution in [0.3, 0.4) is 0 Å². The number of aromatic amines is 1. The minimum absolute atomic E-state index is 0.0554. The molecule has 2 heterocycles. The summed E-state index contributed by atoms with van der Waals surface area (Å²) in [6, 6.07) is 7.95. The standard InChI is InChI=1S/C18H25N5O2S/c1-3-22-10-4-5-14(22)11-19-16(24)12-23-17(20-21-18(23)26)13-6-8-15(25-2)9-7-13/h6-9,14H,3-5,10-12H2,1-2H3,(H,19,24)(H,21,26). The monoisotopic (exact) mass is 375 g/mol. The first-order valence-corrected chi connectivity index (χ1v) is 9.33. The Hall–Kier alpha value is -2.19. The molecule has 1 aromatic heterocycles. The summed E-state index contributed by atoms with van der Waals surface area (Å²) in [6.07, 6.45) is 2.33. The fourth-order valence-electron chi connectivity index (χ4n) is 3.40. The Morgan fingerprint density at radius 1 is 1.42 bits per heavy atom. The Morgan fingerprint density at radius 3 is 2.88 bits per heavy atom. The SMILES string of the molecule is CCN1CCCC1CNC(=O)Cn1c(-c2ccc(OC)cc2)n[nH]c1=S. The number of likely N-dealkylation sites (N-methyl/N-ethyl adjacent to an activating group) is 1. The lowest BCUT2D eigenvalue weighted by Gasteiger charge is -2.22. The fourth-order valence-corrected chi connectivity index (χ4v) is 3.60. The predicted molar refractivity (Wildman–Crippen MR) is 103 cm³/mol. The number of benzene rings is 1. The van der Waals surface area contributed by atoms with Gasteiger partial charge in [0.1, 0.15) is 12.3 Å². The second kappa shape index (κ2) is 8.46. The zero-order valence-corrected chi connectivity index (χ0v) is 16.0. The number of rotatable bonds is 7. The van der Waals surface area contributed by atoms with Crippen LogP contribution in [0.4, 0.5) is 0 Å². The smallest absolute Gasteiger partial charge is 0.240 e. The van der Waals surface area contributed by atoms with Gasteiger partial charge in [-0.3, -0.25) is 19.4 Å². The molecule has 7 nitrogen and oxygen atoms in total. The number of carbonyl (C=O) groups is 1. The molecular formula is C18H25N5O2S.